The number of carbonyl (C=O) groups is 1. The zero-order chi connectivity index (χ0) is 15.5. The molecule has 2 aromatic heterocycles. The van der Waals surface area contributed by atoms with E-state index < -0.39 is 0 Å². The molecule has 1 N–H and O–H groups in total. The Kier molecular flexibility index (Phi) is 4.57. The Bertz CT molecular complexity index is 637. The third kappa shape index (κ3) is 3.38. The smallest absolute Gasteiger partial charge is 0.222 e. The number of thiazole rings is 1. The second-order valence-electron chi connectivity index (χ2n) is 5.84. The highest BCUT2D eigenvalue weighted by molar-refractivity contribution is 7.11. The van der Waals surface area contributed by atoms with Gasteiger partial charge in [0.1, 0.15) is 10.8 Å². The number of nitrogens with one attached hydrogen (secondary N) is 1. The van der Waals surface area contributed by atoms with Gasteiger partial charge in [-0.25, -0.2) is 9.97 Å². The fourth-order valence-corrected chi connectivity index (χ4v) is 3.95. The Morgan fingerprint density at radius 3 is 3.00 bits per heavy atom. The number of amides is 1. The summed E-state index contributed by atoms with van der Waals surface area (Å²) in [6.45, 7) is 4.63. The van der Waals surface area contributed by atoms with Gasteiger partial charge in [-0.3, -0.25) is 4.79 Å². The van der Waals surface area contributed by atoms with Gasteiger partial charge in [-0.1, -0.05) is 0 Å². The summed E-state index contributed by atoms with van der Waals surface area (Å²) in [4.78, 5) is 22.4. The van der Waals surface area contributed by atoms with E-state index in [1.807, 2.05) is 24.6 Å². The number of carbonyl (C=O) groups excluding carboxylic acids is 1. The Morgan fingerprint density at radius 2 is 2.27 bits per heavy atom. The molecule has 22 heavy (non-hydrogen) atoms. The molecular weight excluding hydrogens is 296 g/mol. The molecule has 1 atom stereocenters. The maximum absolute atomic E-state index is 12.1. The molecular formula is C16H22N4OS. The first-order valence-corrected chi connectivity index (χ1v) is 8.70. The predicted octanol–water partition coefficient (Wildman–Crippen LogP) is 2.79. The molecule has 0 fully saturated rings. The summed E-state index contributed by atoms with van der Waals surface area (Å²) in [6.07, 6.45) is 8.87. The summed E-state index contributed by atoms with van der Waals surface area (Å²) in [6, 6.07) is -0.00742. The minimum atomic E-state index is -0.00742. The van der Waals surface area contributed by atoms with E-state index in [9.17, 15) is 4.79 Å². The summed E-state index contributed by atoms with van der Waals surface area (Å²) in [5.74, 6) is 1.00. The minimum Gasteiger partial charge on any atom is -0.347 e. The van der Waals surface area contributed by atoms with E-state index in [-0.39, 0.29) is 11.9 Å². The quantitative estimate of drug-likeness (QED) is 0.922. The Balaban J connectivity index is 1.54. The van der Waals surface area contributed by atoms with Crippen molar-refractivity contribution in [1.82, 2.24) is 19.9 Å². The highest BCUT2D eigenvalue weighted by atomic mass is 32.1. The van der Waals surface area contributed by atoms with Crippen LogP contribution in [-0.4, -0.2) is 20.4 Å². The van der Waals surface area contributed by atoms with Gasteiger partial charge in [0.05, 0.1) is 11.7 Å². The lowest BCUT2D eigenvalue weighted by Crippen LogP contribution is -2.27. The van der Waals surface area contributed by atoms with Crippen LogP contribution in [0, 0.1) is 6.92 Å². The van der Waals surface area contributed by atoms with Crippen molar-refractivity contribution in [2.24, 2.45) is 0 Å². The van der Waals surface area contributed by atoms with Gasteiger partial charge in [0.25, 0.3) is 0 Å². The van der Waals surface area contributed by atoms with Crippen molar-refractivity contribution < 1.29 is 4.79 Å². The predicted molar refractivity (Wildman–Crippen MR) is 86.9 cm³/mol. The molecule has 0 saturated heterocycles. The normalized spacial score (nSPS) is 15.4. The lowest BCUT2D eigenvalue weighted by Gasteiger charge is -2.11. The van der Waals surface area contributed by atoms with Crippen molar-refractivity contribution in [2.75, 3.05) is 0 Å². The van der Waals surface area contributed by atoms with E-state index in [4.69, 9.17) is 4.98 Å². The SMILES string of the molecule is Cc1nccn1CCC(=O)N[C@H](C)c1nc2c(s1)CCCC2. The lowest BCUT2D eigenvalue weighted by atomic mass is 10.0. The Hall–Kier alpha value is -1.69. The number of imidazole rings is 1. The highest BCUT2D eigenvalue weighted by Gasteiger charge is 2.19. The molecule has 2 heterocycles. The first-order valence-electron chi connectivity index (χ1n) is 7.89. The molecule has 0 radical (unpaired) electrons. The molecule has 3 rings (SSSR count). The molecule has 118 valence electrons. The molecule has 0 spiro atoms. The van der Waals surface area contributed by atoms with Crippen molar-refractivity contribution >= 4 is 17.2 Å². The number of hydrogen-bond donors (Lipinski definition) is 1. The van der Waals surface area contributed by atoms with Gasteiger partial charge >= 0.3 is 0 Å². The van der Waals surface area contributed by atoms with Crippen molar-refractivity contribution in [2.45, 2.75) is 58.5 Å². The number of hydrogen-bond acceptors (Lipinski definition) is 4. The Labute approximate surface area is 134 Å². The standard InChI is InChI=1S/C16H22N4OS/c1-11(16-19-13-5-3-4-6-14(13)22-16)18-15(21)7-9-20-10-8-17-12(20)2/h8,10-11H,3-7,9H2,1-2H3,(H,18,21)/t11-/m1/s1. The van der Waals surface area contributed by atoms with Crippen LogP contribution >= 0.6 is 11.3 Å². The van der Waals surface area contributed by atoms with Gasteiger partial charge in [-0.2, -0.15) is 0 Å². The summed E-state index contributed by atoms with van der Waals surface area (Å²) < 4.78 is 1.99. The van der Waals surface area contributed by atoms with Crippen LogP contribution < -0.4 is 5.32 Å². The number of aryl methyl sites for hydroxylation is 4. The van der Waals surface area contributed by atoms with E-state index in [2.05, 4.69) is 10.3 Å². The molecule has 1 aliphatic rings. The van der Waals surface area contributed by atoms with E-state index in [1.54, 1.807) is 17.5 Å². The molecule has 1 amide bonds. The minimum absolute atomic E-state index is 0.00742. The maximum atomic E-state index is 12.1. The van der Waals surface area contributed by atoms with Crippen molar-refractivity contribution in [3.63, 3.8) is 0 Å². The summed E-state index contributed by atoms with van der Waals surface area (Å²) in [7, 11) is 0. The van der Waals surface area contributed by atoms with E-state index in [1.165, 1.54) is 23.4 Å². The van der Waals surface area contributed by atoms with Gasteiger partial charge < -0.3 is 9.88 Å². The molecule has 5 nitrogen and oxygen atoms in total. The second-order valence-corrected chi connectivity index (χ2v) is 6.95. The van der Waals surface area contributed by atoms with Crippen LogP contribution in [0.4, 0.5) is 0 Å². The molecule has 0 bridgehead atoms. The molecule has 0 unspecified atom stereocenters. The lowest BCUT2D eigenvalue weighted by molar-refractivity contribution is -0.121. The summed E-state index contributed by atoms with van der Waals surface area (Å²) in [5.41, 5.74) is 1.25. The van der Waals surface area contributed by atoms with Gasteiger partial charge in [0, 0.05) is 30.2 Å². The first kappa shape index (κ1) is 15.2. The van der Waals surface area contributed by atoms with Crippen LogP contribution in [0.25, 0.3) is 0 Å². The van der Waals surface area contributed by atoms with Gasteiger partial charge in [-0.05, 0) is 39.5 Å². The maximum Gasteiger partial charge on any atom is 0.222 e. The largest absolute Gasteiger partial charge is 0.347 e. The van der Waals surface area contributed by atoms with Crippen molar-refractivity contribution in [3.05, 3.63) is 33.8 Å². The molecule has 2 aromatic rings. The number of rotatable bonds is 5. The number of fused-ring (bicyclic) bond motifs is 1. The fraction of sp³-hybridized carbons (Fsp3) is 0.562. The average Bonchev–Trinajstić information content (AvgIpc) is 3.11. The summed E-state index contributed by atoms with van der Waals surface area (Å²) in [5, 5.41) is 4.10. The van der Waals surface area contributed by atoms with Gasteiger partial charge in [-0.15, -0.1) is 11.3 Å². The fourth-order valence-electron chi connectivity index (χ4n) is 2.79. The van der Waals surface area contributed by atoms with Crippen LogP contribution in [0.15, 0.2) is 12.4 Å². The van der Waals surface area contributed by atoms with Crippen molar-refractivity contribution in [3.8, 4) is 0 Å². The third-order valence-electron chi connectivity index (χ3n) is 4.11. The highest BCUT2D eigenvalue weighted by Crippen LogP contribution is 2.29. The van der Waals surface area contributed by atoms with Gasteiger partial charge in [0.2, 0.25) is 5.91 Å². The third-order valence-corrected chi connectivity index (χ3v) is 5.45. The van der Waals surface area contributed by atoms with Crippen LogP contribution in [-0.2, 0) is 24.2 Å². The monoisotopic (exact) mass is 318 g/mol. The Morgan fingerprint density at radius 1 is 1.45 bits per heavy atom. The molecule has 0 aromatic carbocycles. The number of nitrogens with zero attached hydrogens (tertiary/aromatic N) is 3. The topological polar surface area (TPSA) is 59.8 Å². The van der Waals surface area contributed by atoms with E-state index in [0.29, 0.717) is 13.0 Å². The zero-order valence-corrected chi connectivity index (χ0v) is 13.9. The van der Waals surface area contributed by atoms with Crippen LogP contribution in [0.3, 0.4) is 0 Å². The molecule has 1 aliphatic carbocycles. The van der Waals surface area contributed by atoms with E-state index in [0.717, 1.165) is 23.7 Å². The first-order chi connectivity index (χ1) is 10.6. The van der Waals surface area contributed by atoms with Gasteiger partial charge in [0.15, 0.2) is 0 Å². The zero-order valence-electron chi connectivity index (χ0n) is 13.1. The van der Waals surface area contributed by atoms with Crippen LogP contribution in [0.5, 0.6) is 0 Å². The number of aromatic nitrogens is 3. The second kappa shape index (κ2) is 6.60. The molecule has 6 heteroatoms. The van der Waals surface area contributed by atoms with E-state index >= 15 is 0 Å². The molecule has 0 aliphatic heterocycles. The average molecular weight is 318 g/mol. The van der Waals surface area contributed by atoms with Crippen molar-refractivity contribution in [1.29, 1.82) is 0 Å². The van der Waals surface area contributed by atoms with Crippen LogP contribution in [0.1, 0.15) is 53.6 Å². The molecule has 0 saturated carbocycles. The summed E-state index contributed by atoms with van der Waals surface area (Å²) >= 11 is 1.76. The van der Waals surface area contributed by atoms with Crippen LogP contribution in [0.2, 0.25) is 0 Å².